The first-order chi connectivity index (χ1) is 8.79. The van der Waals surface area contributed by atoms with E-state index in [0.29, 0.717) is 6.04 Å². The maximum atomic E-state index is 5.84. The molecule has 2 aromatic rings. The molecule has 0 aliphatic heterocycles. The Labute approximate surface area is 110 Å². The second-order valence-corrected chi connectivity index (χ2v) is 4.78. The van der Waals surface area contributed by atoms with Crippen molar-refractivity contribution in [2.24, 2.45) is 0 Å². The van der Waals surface area contributed by atoms with Crippen LogP contribution in [-0.2, 0) is 0 Å². The Morgan fingerprint density at radius 2 is 1.78 bits per heavy atom. The molecule has 1 fully saturated rings. The van der Waals surface area contributed by atoms with Crippen LogP contribution in [0.1, 0.15) is 12.8 Å². The summed E-state index contributed by atoms with van der Waals surface area (Å²) in [4.78, 5) is 8.38. The van der Waals surface area contributed by atoms with Crippen LogP contribution in [-0.4, -0.2) is 16.0 Å². The third-order valence-electron chi connectivity index (χ3n) is 2.71. The van der Waals surface area contributed by atoms with Gasteiger partial charge in [-0.1, -0.05) is 11.6 Å². The van der Waals surface area contributed by atoms with Crippen molar-refractivity contribution in [1.29, 1.82) is 0 Å². The first kappa shape index (κ1) is 11.3. The van der Waals surface area contributed by atoms with E-state index in [9.17, 15) is 0 Å². The number of nitrogens with zero attached hydrogens (tertiary/aromatic N) is 2. The molecule has 92 valence electrons. The van der Waals surface area contributed by atoms with Gasteiger partial charge in [0.2, 0.25) is 0 Å². The van der Waals surface area contributed by atoms with E-state index >= 15 is 0 Å². The Morgan fingerprint density at radius 1 is 1.06 bits per heavy atom. The van der Waals surface area contributed by atoms with Crippen molar-refractivity contribution < 1.29 is 0 Å². The highest BCUT2D eigenvalue weighted by Crippen LogP contribution is 2.25. The van der Waals surface area contributed by atoms with Crippen LogP contribution < -0.4 is 10.6 Å². The SMILES string of the molecule is Clc1ccc(Nc2cc(NC3CC3)ncn2)cc1. The molecule has 3 rings (SSSR count). The summed E-state index contributed by atoms with van der Waals surface area (Å²) in [5.41, 5.74) is 0.954. The lowest BCUT2D eigenvalue weighted by Gasteiger charge is -2.07. The fraction of sp³-hybridized carbons (Fsp3) is 0.231. The maximum Gasteiger partial charge on any atom is 0.135 e. The Morgan fingerprint density at radius 3 is 2.50 bits per heavy atom. The van der Waals surface area contributed by atoms with Gasteiger partial charge < -0.3 is 10.6 Å². The number of hydrogen-bond acceptors (Lipinski definition) is 4. The first-order valence-corrected chi connectivity index (χ1v) is 6.28. The van der Waals surface area contributed by atoms with Gasteiger partial charge in [0.05, 0.1) is 0 Å². The Balaban J connectivity index is 1.73. The molecular weight excluding hydrogens is 248 g/mol. The molecule has 0 amide bonds. The molecule has 0 spiro atoms. The summed E-state index contributed by atoms with van der Waals surface area (Å²) in [5.74, 6) is 1.64. The molecule has 1 heterocycles. The average molecular weight is 261 g/mol. The van der Waals surface area contributed by atoms with Crippen molar-refractivity contribution in [3.8, 4) is 0 Å². The highest BCUT2D eigenvalue weighted by Gasteiger charge is 2.21. The quantitative estimate of drug-likeness (QED) is 0.884. The maximum absolute atomic E-state index is 5.84. The van der Waals surface area contributed by atoms with Gasteiger partial charge >= 0.3 is 0 Å². The number of halogens is 1. The van der Waals surface area contributed by atoms with Crippen molar-refractivity contribution >= 4 is 28.9 Å². The molecule has 1 aliphatic rings. The summed E-state index contributed by atoms with van der Waals surface area (Å²) < 4.78 is 0. The smallest absolute Gasteiger partial charge is 0.135 e. The minimum absolute atomic E-state index is 0.586. The van der Waals surface area contributed by atoms with E-state index in [2.05, 4.69) is 20.6 Å². The van der Waals surface area contributed by atoms with Crippen LogP contribution in [0.4, 0.5) is 17.3 Å². The van der Waals surface area contributed by atoms with E-state index in [1.165, 1.54) is 12.8 Å². The van der Waals surface area contributed by atoms with Crippen molar-refractivity contribution in [1.82, 2.24) is 9.97 Å². The van der Waals surface area contributed by atoms with E-state index in [0.717, 1.165) is 22.3 Å². The number of hydrogen-bond donors (Lipinski definition) is 2. The average Bonchev–Trinajstić information content (AvgIpc) is 3.17. The number of nitrogens with one attached hydrogen (secondary N) is 2. The number of aromatic nitrogens is 2. The predicted octanol–water partition coefficient (Wildman–Crippen LogP) is 3.45. The highest BCUT2D eigenvalue weighted by molar-refractivity contribution is 6.30. The second-order valence-electron chi connectivity index (χ2n) is 4.34. The summed E-state index contributed by atoms with van der Waals surface area (Å²) in [7, 11) is 0. The normalized spacial score (nSPS) is 14.3. The molecule has 4 nitrogen and oxygen atoms in total. The van der Waals surface area contributed by atoms with Crippen LogP contribution in [0, 0.1) is 0 Å². The molecule has 0 atom stereocenters. The molecule has 0 unspecified atom stereocenters. The minimum Gasteiger partial charge on any atom is -0.367 e. The topological polar surface area (TPSA) is 49.8 Å². The van der Waals surface area contributed by atoms with E-state index < -0.39 is 0 Å². The van der Waals surface area contributed by atoms with E-state index in [1.54, 1.807) is 6.33 Å². The number of benzene rings is 1. The van der Waals surface area contributed by atoms with E-state index in [4.69, 9.17) is 11.6 Å². The standard InChI is InChI=1S/C13H13ClN4/c14-9-1-3-10(4-2-9)17-12-7-13(16-8-15-12)18-11-5-6-11/h1-4,7-8,11H,5-6H2,(H2,15,16,17,18). The van der Waals surface area contributed by atoms with E-state index in [-0.39, 0.29) is 0 Å². The Hall–Kier alpha value is -1.81. The molecular formula is C13H13ClN4. The lowest BCUT2D eigenvalue weighted by atomic mass is 10.3. The monoisotopic (exact) mass is 260 g/mol. The molecule has 0 saturated heterocycles. The lowest BCUT2D eigenvalue weighted by molar-refractivity contribution is 1.08. The van der Waals surface area contributed by atoms with Gasteiger partial charge in [0.25, 0.3) is 0 Å². The summed E-state index contributed by atoms with van der Waals surface area (Å²) >= 11 is 5.84. The molecule has 1 saturated carbocycles. The zero-order chi connectivity index (χ0) is 12.4. The highest BCUT2D eigenvalue weighted by atomic mass is 35.5. The van der Waals surface area contributed by atoms with Gasteiger partial charge in [-0.15, -0.1) is 0 Å². The molecule has 18 heavy (non-hydrogen) atoms. The van der Waals surface area contributed by atoms with E-state index in [1.807, 2.05) is 30.3 Å². The van der Waals surface area contributed by atoms with Crippen LogP contribution in [0.5, 0.6) is 0 Å². The van der Waals surface area contributed by atoms with Gasteiger partial charge in [-0.3, -0.25) is 0 Å². The Bertz CT molecular complexity index is 537. The molecule has 0 bridgehead atoms. The number of anilines is 3. The van der Waals surface area contributed by atoms with Crippen LogP contribution >= 0.6 is 11.6 Å². The predicted molar refractivity (Wildman–Crippen MR) is 73.4 cm³/mol. The molecule has 0 radical (unpaired) electrons. The zero-order valence-electron chi connectivity index (χ0n) is 9.73. The largest absolute Gasteiger partial charge is 0.367 e. The van der Waals surface area contributed by atoms with Gasteiger partial charge in [-0.25, -0.2) is 9.97 Å². The summed E-state index contributed by atoms with van der Waals surface area (Å²) in [6, 6.07) is 10.0. The third-order valence-corrected chi connectivity index (χ3v) is 2.97. The summed E-state index contributed by atoms with van der Waals surface area (Å²) in [6.45, 7) is 0. The fourth-order valence-corrected chi connectivity index (χ4v) is 1.75. The minimum atomic E-state index is 0.586. The molecule has 5 heteroatoms. The van der Waals surface area contributed by atoms with Crippen LogP contribution in [0.25, 0.3) is 0 Å². The van der Waals surface area contributed by atoms with Gasteiger partial charge in [0.15, 0.2) is 0 Å². The fourth-order valence-electron chi connectivity index (χ4n) is 1.62. The van der Waals surface area contributed by atoms with Crippen LogP contribution in [0.3, 0.4) is 0 Å². The zero-order valence-corrected chi connectivity index (χ0v) is 10.5. The van der Waals surface area contributed by atoms with Gasteiger partial charge in [-0.05, 0) is 37.1 Å². The molecule has 2 N–H and O–H groups in total. The van der Waals surface area contributed by atoms with Crippen molar-refractivity contribution in [2.75, 3.05) is 10.6 Å². The van der Waals surface area contributed by atoms with Crippen molar-refractivity contribution in [3.05, 3.63) is 41.7 Å². The summed E-state index contributed by atoms with van der Waals surface area (Å²) in [5, 5.41) is 7.28. The van der Waals surface area contributed by atoms with Crippen LogP contribution in [0.2, 0.25) is 5.02 Å². The van der Waals surface area contributed by atoms with Gasteiger partial charge in [-0.2, -0.15) is 0 Å². The third kappa shape index (κ3) is 2.90. The second kappa shape index (κ2) is 4.82. The lowest BCUT2D eigenvalue weighted by Crippen LogP contribution is -2.04. The first-order valence-electron chi connectivity index (χ1n) is 5.91. The van der Waals surface area contributed by atoms with Crippen LogP contribution in [0.15, 0.2) is 36.7 Å². The molecule has 1 aliphatic carbocycles. The van der Waals surface area contributed by atoms with Crippen molar-refractivity contribution in [3.63, 3.8) is 0 Å². The van der Waals surface area contributed by atoms with Gasteiger partial charge in [0.1, 0.15) is 18.0 Å². The Kier molecular flexibility index (Phi) is 3.02. The molecule has 1 aromatic heterocycles. The van der Waals surface area contributed by atoms with Gasteiger partial charge in [0, 0.05) is 22.8 Å². The van der Waals surface area contributed by atoms with Crippen molar-refractivity contribution in [2.45, 2.75) is 18.9 Å². The number of rotatable bonds is 4. The molecule has 1 aromatic carbocycles. The summed E-state index contributed by atoms with van der Waals surface area (Å²) in [6.07, 6.45) is 4.01.